The standard InChI is InChI=1S/C19H16N4O3S/c1-11-9-12(18-22-14-3-2-8-20-19(14)27-18)4-5-13(11)21-15(24)10-23-16(25)6-7-17(23)26/h2-5,8-9H,6-7,10H2,1H3,(H,21,24). The number of thiazole rings is 1. The van der Waals surface area contributed by atoms with Crippen LogP contribution in [-0.2, 0) is 14.4 Å². The summed E-state index contributed by atoms with van der Waals surface area (Å²) >= 11 is 1.51. The van der Waals surface area contributed by atoms with Crippen LogP contribution in [-0.4, -0.2) is 39.1 Å². The van der Waals surface area contributed by atoms with E-state index in [0.29, 0.717) is 5.69 Å². The molecule has 136 valence electrons. The van der Waals surface area contributed by atoms with Gasteiger partial charge >= 0.3 is 0 Å². The summed E-state index contributed by atoms with van der Waals surface area (Å²) in [5, 5.41) is 3.63. The minimum Gasteiger partial charge on any atom is -0.324 e. The van der Waals surface area contributed by atoms with Crippen LogP contribution >= 0.6 is 11.3 Å². The van der Waals surface area contributed by atoms with Crippen molar-refractivity contribution in [1.29, 1.82) is 0 Å². The minimum atomic E-state index is -0.390. The van der Waals surface area contributed by atoms with Crippen molar-refractivity contribution in [1.82, 2.24) is 14.9 Å². The molecule has 1 N–H and O–H groups in total. The number of pyridine rings is 1. The van der Waals surface area contributed by atoms with Gasteiger partial charge in [0.05, 0.1) is 0 Å². The molecule has 7 nitrogen and oxygen atoms in total. The molecule has 0 saturated carbocycles. The highest BCUT2D eigenvalue weighted by molar-refractivity contribution is 7.21. The lowest BCUT2D eigenvalue weighted by Crippen LogP contribution is -2.36. The summed E-state index contributed by atoms with van der Waals surface area (Å²) in [6.45, 7) is 1.64. The van der Waals surface area contributed by atoms with Crippen molar-refractivity contribution >= 4 is 45.1 Å². The van der Waals surface area contributed by atoms with E-state index in [4.69, 9.17) is 0 Å². The maximum absolute atomic E-state index is 12.2. The third kappa shape index (κ3) is 3.43. The molecule has 1 fully saturated rings. The fourth-order valence-electron chi connectivity index (χ4n) is 2.96. The van der Waals surface area contributed by atoms with Gasteiger partial charge in [0.2, 0.25) is 17.7 Å². The summed E-state index contributed by atoms with van der Waals surface area (Å²) in [5.74, 6) is -0.989. The van der Waals surface area contributed by atoms with Gasteiger partial charge in [-0.1, -0.05) is 11.3 Å². The zero-order chi connectivity index (χ0) is 19.0. The Morgan fingerprint density at radius 3 is 2.70 bits per heavy atom. The average Bonchev–Trinajstić information content (AvgIpc) is 3.22. The Labute approximate surface area is 159 Å². The molecule has 3 aromatic rings. The van der Waals surface area contributed by atoms with E-state index in [1.165, 1.54) is 11.3 Å². The average molecular weight is 380 g/mol. The van der Waals surface area contributed by atoms with Gasteiger partial charge in [0.1, 0.15) is 21.9 Å². The van der Waals surface area contributed by atoms with Crippen LogP contribution in [0.25, 0.3) is 20.9 Å². The Morgan fingerprint density at radius 2 is 2.00 bits per heavy atom. The summed E-state index contributed by atoms with van der Waals surface area (Å²) in [7, 11) is 0. The van der Waals surface area contributed by atoms with Crippen molar-refractivity contribution < 1.29 is 14.4 Å². The number of fused-ring (bicyclic) bond motifs is 1. The van der Waals surface area contributed by atoms with Crippen molar-refractivity contribution in [2.45, 2.75) is 19.8 Å². The molecule has 1 aliphatic heterocycles. The number of aryl methyl sites for hydroxylation is 1. The molecular weight excluding hydrogens is 364 g/mol. The first kappa shape index (κ1) is 17.3. The molecule has 0 bridgehead atoms. The van der Waals surface area contributed by atoms with E-state index >= 15 is 0 Å². The first-order valence-electron chi connectivity index (χ1n) is 8.47. The van der Waals surface area contributed by atoms with Gasteiger partial charge in [-0.05, 0) is 42.8 Å². The predicted molar refractivity (Wildman–Crippen MR) is 102 cm³/mol. The number of anilines is 1. The quantitative estimate of drug-likeness (QED) is 0.703. The largest absolute Gasteiger partial charge is 0.324 e. The summed E-state index contributed by atoms with van der Waals surface area (Å²) in [6.07, 6.45) is 2.09. The Balaban J connectivity index is 1.50. The first-order valence-corrected chi connectivity index (χ1v) is 9.28. The summed E-state index contributed by atoms with van der Waals surface area (Å²) < 4.78 is 0. The van der Waals surface area contributed by atoms with Gasteiger partial charge in [-0.3, -0.25) is 19.3 Å². The highest BCUT2D eigenvalue weighted by atomic mass is 32.1. The fourth-order valence-corrected chi connectivity index (χ4v) is 3.87. The van der Waals surface area contributed by atoms with E-state index < -0.39 is 5.91 Å². The van der Waals surface area contributed by atoms with Crippen LogP contribution in [0.1, 0.15) is 18.4 Å². The van der Waals surface area contributed by atoms with Gasteiger partial charge < -0.3 is 5.32 Å². The van der Waals surface area contributed by atoms with Gasteiger partial charge in [-0.2, -0.15) is 0 Å². The third-order valence-electron chi connectivity index (χ3n) is 4.37. The molecule has 0 atom stereocenters. The smallest absolute Gasteiger partial charge is 0.244 e. The molecule has 27 heavy (non-hydrogen) atoms. The lowest BCUT2D eigenvalue weighted by atomic mass is 10.1. The molecule has 1 aromatic carbocycles. The van der Waals surface area contributed by atoms with Gasteiger partial charge in [0.15, 0.2) is 0 Å². The van der Waals surface area contributed by atoms with E-state index in [1.54, 1.807) is 12.3 Å². The number of aromatic nitrogens is 2. The Kier molecular flexibility index (Phi) is 4.41. The molecule has 0 spiro atoms. The lowest BCUT2D eigenvalue weighted by Gasteiger charge is -2.14. The van der Waals surface area contributed by atoms with Crippen LogP contribution in [0.5, 0.6) is 0 Å². The van der Waals surface area contributed by atoms with Gasteiger partial charge in [-0.15, -0.1) is 0 Å². The molecule has 0 aliphatic carbocycles. The maximum atomic E-state index is 12.2. The van der Waals surface area contributed by atoms with Crippen LogP contribution in [0.3, 0.4) is 0 Å². The molecule has 0 radical (unpaired) electrons. The number of benzene rings is 1. The third-order valence-corrected chi connectivity index (χ3v) is 5.40. The second kappa shape index (κ2) is 6.88. The van der Waals surface area contributed by atoms with Crippen LogP contribution < -0.4 is 5.32 Å². The topological polar surface area (TPSA) is 92.3 Å². The number of carbonyl (C=O) groups is 3. The number of nitrogens with zero attached hydrogens (tertiary/aromatic N) is 3. The monoisotopic (exact) mass is 380 g/mol. The molecule has 1 aliphatic rings. The lowest BCUT2D eigenvalue weighted by molar-refractivity contribution is -0.141. The predicted octanol–water partition coefficient (Wildman–Crippen LogP) is 2.75. The number of likely N-dealkylation sites (tertiary alicyclic amines) is 1. The Morgan fingerprint density at radius 1 is 1.22 bits per heavy atom. The Bertz CT molecular complexity index is 1030. The molecule has 4 rings (SSSR count). The molecule has 3 heterocycles. The van der Waals surface area contributed by atoms with E-state index in [2.05, 4.69) is 15.3 Å². The van der Waals surface area contributed by atoms with E-state index in [1.807, 2.05) is 31.2 Å². The highest BCUT2D eigenvalue weighted by Gasteiger charge is 2.30. The normalized spacial score (nSPS) is 14.2. The molecule has 2 aromatic heterocycles. The van der Waals surface area contributed by atoms with Crippen molar-refractivity contribution in [3.63, 3.8) is 0 Å². The molecule has 3 amide bonds. The number of nitrogens with one attached hydrogen (secondary N) is 1. The zero-order valence-electron chi connectivity index (χ0n) is 14.6. The zero-order valence-corrected chi connectivity index (χ0v) is 15.4. The number of hydrogen-bond acceptors (Lipinski definition) is 6. The second-order valence-electron chi connectivity index (χ2n) is 6.30. The molecule has 1 saturated heterocycles. The first-order chi connectivity index (χ1) is 13.0. The van der Waals surface area contributed by atoms with Crippen LogP contribution in [0, 0.1) is 6.92 Å². The molecule has 8 heteroatoms. The van der Waals surface area contributed by atoms with Crippen molar-refractivity contribution in [2.75, 3.05) is 11.9 Å². The fraction of sp³-hybridized carbons (Fsp3) is 0.211. The van der Waals surface area contributed by atoms with Crippen LogP contribution in [0.15, 0.2) is 36.5 Å². The summed E-state index contributed by atoms with van der Waals surface area (Å²) in [6, 6.07) is 9.40. The van der Waals surface area contributed by atoms with Gasteiger partial charge in [0.25, 0.3) is 0 Å². The number of carbonyl (C=O) groups excluding carboxylic acids is 3. The number of hydrogen-bond donors (Lipinski definition) is 1. The van der Waals surface area contributed by atoms with E-state index in [0.717, 1.165) is 31.4 Å². The van der Waals surface area contributed by atoms with Gasteiger partial charge in [-0.25, -0.2) is 9.97 Å². The van der Waals surface area contributed by atoms with Crippen molar-refractivity contribution in [3.05, 3.63) is 42.1 Å². The molecule has 0 unspecified atom stereocenters. The van der Waals surface area contributed by atoms with E-state index in [9.17, 15) is 14.4 Å². The van der Waals surface area contributed by atoms with Crippen molar-refractivity contribution in [3.8, 4) is 10.6 Å². The maximum Gasteiger partial charge on any atom is 0.244 e. The number of rotatable bonds is 4. The highest BCUT2D eigenvalue weighted by Crippen LogP contribution is 2.31. The van der Waals surface area contributed by atoms with E-state index in [-0.39, 0.29) is 31.2 Å². The number of amides is 3. The Hall–Kier alpha value is -3.13. The van der Waals surface area contributed by atoms with Gasteiger partial charge in [0, 0.05) is 30.3 Å². The van der Waals surface area contributed by atoms with Crippen molar-refractivity contribution in [2.24, 2.45) is 0 Å². The van der Waals surface area contributed by atoms with Crippen LogP contribution in [0.4, 0.5) is 5.69 Å². The number of imide groups is 1. The summed E-state index contributed by atoms with van der Waals surface area (Å²) in [5.41, 5.74) is 3.31. The SMILES string of the molecule is Cc1cc(-c2nc3cccnc3s2)ccc1NC(=O)CN1C(=O)CCC1=O. The second-order valence-corrected chi connectivity index (χ2v) is 7.28. The summed E-state index contributed by atoms with van der Waals surface area (Å²) in [4.78, 5) is 46.2. The van der Waals surface area contributed by atoms with Crippen LogP contribution in [0.2, 0.25) is 0 Å². The minimum absolute atomic E-state index is 0.177. The molecular formula is C19H16N4O3S.